The molecule has 1 aliphatic rings. The van der Waals surface area contributed by atoms with Crippen molar-refractivity contribution in [3.63, 3.8) is 0 Å². The van der Waals surface area contributed by atoms with Crippen LogP contribution in [-0.4, -0.2) is 55.8 Å². The number of benzene rings is 1. The van der Waals surface area contributed by atoms with E-state index in [-0.39, 0.29) is 30.1 Å². The largest absolute Gasteiger partial charge is 0.507 e. The standard InChI is InChI=1S/C28H39NO7/c1-5-16(3)11-19-8-7-18-12-22(36-28(34)26(18)27(19)33)13-21(30)10-9-20-15-35-25(29-20)14-24(32)17(4)23(31)6-2/h7-10,15-17,21-24,30-33H,5-6,11-14H2,1-4H3. The molecule has 0 saturated carbocycles. The van der Waals surface area contributed by atoms with Crippen molar-refractivity contribution in [1.29, 1.82) is 0 Å². The Kier molecular flexibility index (Phi) is 9.70. The average molecular weight is 502 g/mol. The van der Waals surface area contributed by atoms with Crippen molar-refractivity contribution in [1.82, 2.24) is 4.98 Å². The molecule has 8 heteroatoms. The third-order valence-corrected chi connectivity index (χ3v) is 7.12. The lowest BCUT2D eigenvalue weighted by atomic mass is 9.90. The van der Waals surface area contributed by atoms with Crippen LogP contribution in [0.1, 0.15) is 80.0 Å². The number of carbonyl (C=O) groups is 1. The van der Waals surface area contributed by atoms with Gasteiger partial charge in [-0.3, -0.25) is 0 Å². The number of esters is 1. The van der Waals surface area contributed by atoms with Crippen LogP contribution in [0.25, 0.3) is 6.08 Å². The lowest BCUT2D eigenvalue weighted by molar-refractivity contribution is 0.0144. The lowest BCUT2D eigenvalue weighted by Crippen LogP contribution is -2.30. The molecule has 198 valence electrons. The van der Waals surface area contributed by atoms with Crippen molar-refractivity contribution in [2.45, 2.75) is 90.6 Å². The number of ether oxygens (including phenoxy) is 1. The molecule has 4 N–H and O–H groups in total. The monoisotopic (exact) mass is 501 g/mol. The van der Waals surface area contributed by atoms with Crippen molar-refractivity contribution >= 4 is 12.0 Å². The highest BCUT2D eigenvalue weighted by atomic mass is 16.5. The number of aliphatic hydroxyl groups is 3. The van der Waals surface area contributed by atoms with E-state index in [1.165, 1.54) is 6.26 Å². The zero-order valence-corrected chi connectivity index (χ0v) is 21.6. The summed E-state index contributed by atoms with van der Waals surface area (Å²) in [6.45, 7) is 7.83. The molecule has 2 aromatic rings. The summed E-state index contributed by atoms with van der Waals surface area (Å²) in [5.74, 6) is -0.131. The maximum absolute atomic E-state index is 12.6. The number of oxazole rings is 1. The summed E-state index contributed by atoms with van der Waals surface area (Å²) in [6, 6.07) is 3.74. The number of hydrogen-bond acceptors (Lipinski definition) is 8. The van der Waals surface area contributed by atoms with Gasteiger partial charge in [-0.25, -0.2) is 9.78 Å². The molecule has 0 saturated heterocycles. The highest BCUT2D eigenvalue weighted by Crippen LogP contribution is 2.34. The fourth-order valence-electron chi connectivity index (χ4n) is 4.43. The van der Waals surface area contributed by atoms with Crippen LogP contribution in [0.2, 0.25) is 0 Å². The zero-order valence-electron chi connectivity index (χ0n) is 21.6. The van der Waals surface area contributed by atoms with E-state index in [4.69, 9.17) is 9.15 Å². The zero-order chi connectivity index (χ0) is 26.4. The van der Waals surface area contributed by atoms with Crippen LogP contribution < -0.4 is 0 Å². The van der Waals surface area contributed by atoms with Gasteiger partial charge in [0.15, 0.2) is 5.89 Å². The van der Waals surface area contributed by atoms with Gasteiger partial charge in [0.05, 0.1) is 24.7 Å². The van der Waals surface area contributed by atoms with E-state index in [0.717, 1.165) is 17.5 Å². The number of phenols is 1. The minimum Gasteiger partial charge on any atom is -0.507 e. The second kappa shape index (κ2) is 12.5. The van der Waals surface area contributed by atoms with Crippen LogP contribution in [0, 0.1) is 11.8 Å². The van der Waals surface area contributed by atoms with E-state index in [9.17, 15) is 25.2 Å². The molecule has 6 atom stereocenters. The van der Waals surface area contributed by atoms with Crippen molar-refractivity contribution < 1.29 is 34.4 Å². The van der Waals surface area contributed by atoms with E-state index in [0.29, 0.717) is 36.8 Å². The predicted molar refractivity (Wildman–Crippen MR) is 136 cm³/mol. The number of aromatic hydroxyl groups is 1. The second-order valence-corrected chi connectivity index (χ2v) is 9.99. The number of fused-ring (bicyclic) bond motifs is 1. The van der Waals surface area contributed by atoms with Crippen LogP contribution in [0.15, 0.2) is 28.9 Å². The van der Waals surface area contributed by atoms with E-state index in [1.807, 2.05) is 19.1 Å². The molecule has 2 heterocycles. The van der Waals surface area contributed by atoms with Gasteiger partial charge in [-0.05, 0) is 36.0 Å². The summed E-state index contributed by atoms with van der Waals surface area (Å²) in [6.07, 6.45) is 4.84. The Morgan fingerprint density at radius 1 is 1.11 bits per heavy atom. The van der Waals surface area contributed by atoms with Crippen LogP contribution in [-0.2, 0) is 24.0 Å². The summed E-state index contributed by atoms with van der Waals surface area (Å²) in [5, 5.41) is 41.3. The molecule has 0 fully saturated rings. The van der Waals surface area contributed by atoms with E-state index in [1.54, 1.807) is 19.1 Å². The van der Waals surface area contributed by atoms with Gasteiger partial charge in [0.1, 0.15) is 29.4 Å². The summed E-state index contributed by atoms with van der Waals surface area (Å²) in [5.41, 5.74) is 2.19. The molecule has 0 spiro atoms. The number of carbonyl (C=O) groups excluding carboxylic acids is 1. The Balaban J connectivity index is 1.57. The van der Waals surface area contributed by atoms with E-state index < -0.39 is 30.4 Å². The first-order valence-electron chi connectivity index (χ1n) is 12.8. The van der Waals surface area contributed by atoms with Crippen molar-refractivity contribution in [3.8, 4) is 5.75 Å². The van der Waals surface area contributed by atoms with Gasteiger partial charge in [-0.15, -0.1) is 0 Å². The maximum atomic E-state index is 12.6. The summed E-state index contributed by atoms with van der Waals surface area (Å²) >= 11 is 0. The molecule has 8 nitrogen and oxygen atoms in total. The molecular weight excluding hydrogens is 462 g/mol. The first kappa shape index (κ1) is 27.9. The van der Waals surface area contributed by atoms with Crippen LogP contribution in [0.3, 0.4) is 0 Å². The Morgan fingerprint density at radius 3 is 2.56 bits per heavy atom. The predicted octanol–water partition coefficient (Wildman–Crippen LogP) is 3.83. The molecule has 0 radical (unpaired) electrons. The molecular formula is C28H39NO7. The molecule has 1 aliphatic heterocycles. The SMILES string of the molecule is CCC(C)Cc1ccc2c(c1O)C(=O)OC(CC(O)C=Cc1coc(CC(O)C(C)C(O)CC)n1)C2. The van der Waals surface area contributed by atoms with Crippen LogP contribution in [0.5, 0.6) is 5.75 Å². The first-order chi connectivity index (χ1) is 17.1. The topological polar surface area (TPSA) is 133 Å². The summed E-state index contributed by atoms with van der Waals surface area (Å²) in [4.78, 5) is 16.9. The van der Waals surface area contributed by atoms with Gasteiger partial charge >= 0.3 is 5.97 Å². The lowest BCUT2D eigenvalue weighted by Gasteiger charge is -2.27. The molecule has 6 unspecified atom stereocenters. The number of aliphatic hydroxyl groups excluding tert-OH is 3. The molecule has 3 rings (SSSR count). The summed E-state index contributed by atoms with van der Waals surface area (Å²) < 4.78 is 10.9. The number of rotatable bonds is 12. The van der Waals surface area contributed by atoms with Crippen LogP contribution >= 0.6 is 0 Å². The molecule has 1 aromatic carbocycles. The van der Waals surface area contributed by atoms with Gasteiger partial charge < -0.3 is 29.6 Å². The van der Waals surface area contributed by atoms with Gasteiger partial charge in [-0.2, -0.15) is 0 Å². The molecule has 36 heavy (non-hydrogen) atoms. The summed E-state index contributed by atoms with van der Waals surface area (Å²) in [7, 11) is 0. The fraction of sp³-hybridized carbons (Fsp3) is 0.571. The normalized spacial score (nSPS) is 20.0. The average Bonchev–Trinajstić information content (AvgIpc) is 3.30. The van der Waals surface area contributed by atoms with Gasteiger partial charge in [0.2, 0.25) is 0 Å². The highest BCUT2D eigenvalue weighted by Gasteiger charge is 2.31. The molecule has 0 bridgehead atoms. The molecule has 1 aromatic heterocycles. The Bertz CT molecular complexity index is 1050. The third-order valence-electron chi connectivity index (χ3n) is 7.12. The number of phenolic OH excluding ortho intramolecular Hbond substituents is 1. The van der Waals surface area contributed by atoms with Gasteiger partial charge in [-0.1, -0.05) is 52.3 Å². The van der Waals surface area contributed by atoms with E-state index >= 15 is 0 Å². The minimum atomic E-state index is -0.881. The van der Waals surface area contributed by atoms with Crippen molar-refractivity contribution in [2.24, 2.45) is 11.8 Å². The third kappa shape index (κ3) is 6.96. The quantitative estimate of drug-likeness (QED) is 0.323. The minimum absolute atomic E-state index is 0.00208. The molecule has 0 amide bonds. The van der Waals surface area contributed by atoms with Gasteiger partial charge in [0.25, 0.3) is 0 Å². The Hall–Kier alpha value is -2.68. The number of nitrogens with zero attached hydrogens (tertiary/aromatic N) is 1. The molecule has 0 aliphatic carbocycles. The van der Waals surface area contributed by atoms with E-state index in [2.05, 4.69) is 18.8 Å². The number of hydrogen-bond donors (Lipinski definition) is 4. The van der Waals surface area contributed by atoms with Gasteiger partial charge in [0, 0.05) is 18.8 Å². The fourth-order valence-corrected chi connectivity index (χ4v) is 4.43. The Labute approximate surface area is 212 Å². The van der Waals surface area contributed by atoms with Crippen LogP contribution in [0.4, 0.5) is 0 Å². The first-order valence-corrected chi connectivity index (χ1v) is 12.8. The number of aromatic nitrogens is 1. The second-order valence-electron chi connectivity index (χ2n) is 9.99. The Morgan fingerprint density at radius 2 is 1.86 bits per heavy atom. The highest BCUT2D eigenvalue weighted by molar-refractivity contribution is 5.95. The number of cyclic esters (lactones) is 1. The van der Waals surface area contributed by atoms with Crippen molar-refractivity contribution in [3.05, 3.63) is 52.7 Å². The smallest absolute Gasteiger partial charge is 0.342 e. The maximum Gasteiger partial charge on any atom is 0.342 e. The van der Waals surface area contributed by atoms with Crippen molar-refractivity contribution in [2.75, 3.05) is 0 Å².